The molecular formula is C22H17FO5. The van der Waals surface area contributed by atoms with Gasteiger partial charge in [-0.3, -0.25) is 4.79 Å². The maximum atomic E-state index is 13.3. The van der Waals surface area contributed by atoms with Gasteiger partial charge in [0.25, 0.3) is 0 Å². The molecule has 2 aromatic carbocycles. The van der Waals surface area contributed by atoms with E-state index < -0.39 is 11.6 Å². The van der Waals surface area contributed by atoms with E-state index in [1.54, 1.807) is 18.4 Å². The molecule has 0 atom stereocenters. The number of carbonyl (C=O) groups is 1. The minimum atomic E-state index is -0.876. The molecule has 2 aromatic heterocycles. The van der Waals surface area contributed by atoms with Crippen LogP contribution < -0.4 is 5.63 Å². The van der Waals surface area contributed by atoms with Crippen molar-refractivity contribution in [3.8, 4) is 11.1 Å². The maximum absolute atomic E-state index is 13.3. The number of halogens is 1. The van der Waals surface area contributed by atoms with E-state index in [0.717, 1.165) is 27.5 Å². The zero-order chi connectivity index (χ0) is 19.8. The standard InChI is InChI=1S/C22H17FO5/c1-12-21-17(18(11-27-21)13-5-7-15(23)8-6-13)10-16-14(3-2-4-19(24)25)9-20(26)28-22(12)16/h5-11H,2-4H2,1H3,(H,24,25). The maximum Gasteiger partial charge on any atom is 0.336 e. The van der Waals surface area contributed by atoms with Crippen LogP contribution in [0.4, 0.5) is 4.39 Å². The summed E-state index contributed by atoms with van der Waals surface area (Å²) in [4.78, 5) is 22.8. The molecule has 0 bridgehead atoms. The van der Waals surface area contributed by atoms with E-state index in [4.69, 9.17) is 13.9 Å². The molecule has 0 aliphatic carbocycles. The Labute approximate surface area is 159 Å². The fourth-order valence-corrected chi connectivity index (χ4v) is 3.53. The largest absolute Gasteiger partial charge is 0.481 e. The molecule has 5 nitrogen and oxygen atoms in total. The highest BCUT2D eigenvalue weighted by atomic mass is 19.1. The molecule has 1 N–H and O–H groups in total. The zero-order valence-electron chi connectivity index (χ0n) is 15.1. The number of carboxylic acid groups (broad SMARTS) is 1. The van der Waals surface area contributed by atoms with E-state index in [1.807, 2.05) is 13.0 Å². The normalized spacial score (nSPS) is 11.4. The van der Waals surface area contributed by atoms with Gasteiger partial charge < -0.3 is 13.9 Å². The molecule has 0 radical (unpaired) electrons. The van der Waals surface area contributed by atoms with Gasteiger partial charge in [-0.15, -0.1) is 0 Å². The van der Waals surface area contributed by atoms with Crippen LogP contribution in [-0.4, -0.2) is 11.1 Å². The lowest BCUT2D eigenvalue weighted by Crippen LogP contribution is -2.03. The van der Waals surface area contributed by atoms with Gasteiger partial charge >= 0.3 is 11.6 Å². The quantitative estimate of drug-likeness (QED) is 0.490. The summed E-state index contributed by atoms with van der Waals surface area (Å²) in [7, 11) is 0. The van der Waals surface area contributed by atoms with Gasteiger partial charge in [0, 0.05) is 34.4 Å². The molecule has 0 aliphatic rings. The smallest absolute Gasteiger partial charge is 0.336 e. The first kappa shape index (κ1) is 18.0. The summed E-state index contributed by atoms with van der Waals surface area (Å²) < 4.78 is 24.4. The molecule has 28 heavy (non-hydrogen) atoms. The average Bonchev–Trinajstić information content (AvgIpc) is 3.07. The van der Waals surface area contributed by atoms with Crippen molar-refractivity contribution in [2.45, 2.75) is 26.2 Å². The molecule has 0 saturated heterocycles. The van der Waals surface area contributed by atoms with Crippen molar-refractivity contribution in [1.29, 1.82) is 0 Å². The Kier molecular flexibility index (Phi) is 4.47. The first-order valence-electron chi connectivity index (χ1n) is 8.89. The van der Waals surface area contributed by atoms with Crippen molar-refractivity contribution >= 4 is 27.9 Å². The monoisotopic (exact) mass is 380 g/mol. The lowest BCUT2D eigenvalue weighted by Gasteiger charge is -2.08. The van der Waals surface area contributed by atoms with Crippen molar-refractivity contribution in [1.82, 2.24) is 0 Å². The number of carboxylic acids is 1. The molecule has 142 valence electrons. The van der Waals surface area contributed by atoms with Crippen LogP contribution in [0.3, 0.4) is 0 Å². The Balaban J connectivity index is 1.92. The predicted molar refractivity (Wildman–Crippen MR) is 103 cm³/mol. The number of furan rings is 1. The predicted octanol–water partition coefficient (Wildman–Crippen LogP) is 5.06. The number of aliphatic carboxylic acids is 1. The second-order valence-corrected chi connectivity index (χ2v) is 6.75. The topological polar surface area (TPSA) is 80.7 Å². The van der Waals surface area contributed by atoms with Gasteiger partial charge in [0.15, 0.2) is 0 Å². The summed E-state index contributed by atoms with van der Waals surface area (Å²) in [6.45, 7) is 1.81. The third-order valence-corrected chi connectivity index (χ3v) is 4.88. The van der Waals surface area contributed by atoms with Gasteiger partial charge in [-0.25, -0.2) is 9.18 Å². The molecule has 6 heteroatoms. The third kappa shape index (κ3) is 3.17. The van der Waals surface area contributed by atoms with E-state index in [9.17, 15) is 14.0 Å². The van der Waals surface area contributed by atoms with Gasteiger partial charge in [0.2, 0.25) is 0 Å². The van der Waals surface area contributed by atoms with Crippen LogP contribution >= 0.6 is 0 Å². The molecular weight excluding hydrogens is 363 g/mol. The van der Waals surface area contributed by atoms with Crippen LogP contribution in [0.2, 0.25) is 0 Å². The van der Waals surface area contributed by atoms with Crippen molar-refractivity contribution < 1.29 is 23.1 Å². The molecule has 2 heterocycles. The van der Waals surface area contributed by atoms with E-state index in [2.05, 4.69) is 0 Å². The molecule has 0 unspecified atom stereocenters. The van der Waals surface area contributed by atoms with Crippen molar-refractivity contribution in [2.24, 2.45) is 0 Å². The van der Waals surface area contributed by atoms with Crippen molar-refractivity contribution in [3.63, 3.8) is 0 Å². The van der Waals surface area contributed by atoms with Crippen molar-refractivity contribution in [2.75, 3.05) is 0 Å². The summed E-state index contributed by atoms with van der Waals surface area (Å²) in [5.74, 6) is -1.19. The molecule has 0 aliphatic heterocycles. The highest BCUT2D eigenvalue weighted by Gasteiger charge is 2.17. The second-order valence-electron chi connectivity index (χ2n) is 6.75. The summed E-state index contributed by atoms with van der Waals surface area (Å²) in [6, 6.07) is 9.43. The number of hydrogen-bond donors (Lipinski definition) is 1. The molecule has 0 fully saturated rings. The number of rotatable bonds is 5. The SMILES string of the molecule is Cc1c2oc(=O)cc(CCCC(=O)O)c2cc2c(-c3ccc(F)cc3)coc12. The molecule has 4 rings (SSSR count). The van der Waals surface area contributed by atoms with Gasteiger partial charge in [0.05, 0.1) is 6.26 Å². The van der Waals surface area contributed by atoms with Crippen LogP contribution in [0.5, 0.6) is 0 Å². The Morgan fingerprint density at radius 2 is 1.86 bits per heavy atom. The molecule has 4 aromatic rings. The highest BCUT2D eigenvalue weighted by Crippen LogP contribution is 2.37. The Bertz CT molecular complexity index is 1250. The van der Waals surface area contributed by atoms with Crippen LogP contribution in [0, 0.1) is 12.7 Å². The molecule has 0 saturated carbocycles. The van der Waals surface area contributed by atoms with Gasteiger partial charge in [-0.05, 0) is 49.1 Å². The number of benzene rings is 2. The summed E-state index contributed by atoms with van der Waals surface area (Å²) in [5.41, 5.74) is 3.60. The summed E-state index contributed by atoms with van der Waals surface area (Å²) >= 11 is 0. The van der Waals surface area contributed by atoms with Crippen LogP contribution in [0.25, 0.3) is 33.1 Å². The van der Waals surface area contributed by atoms with Gasteiger partial charge in [0.1, 0.15) is 17.0 Å². The summed E-state index contributed by atoms with van der Waals surface area (Å²) in [6.07, 6.45) is 2.49. The van der Waals surface area contributed by atoms with Crippen LogP contribution in [-0.2, 0) is 11.2 Å². The Morgan fingerprint density at radius 1 is 1.11 bits per heavy atom. The fraction of sp³-hybridized carbons (Fsp3) is 0.182. The van der Waals surface area contributed by atoms with E-state index in [1.165, 1.54) is 18.2 Å². The second kappa shape index (κ2) is 6.96. The fourth-order valence-electron chi connectivity index (χ4n) is 3.53. The molecule has 0 spiro atoms. The number of fused-ring (bicyclic) bond motifs is 2. The van der Waals surface area contributed by atoms with E-state index in [-0.39, 0.29) is 12.2 Å². The van der Waals surface area contributed by atoms with Crippen LogP contribution in [0.15, 0.2) is 56.3 Å². The highest BCUT2D eigenvalue weighted by molar-refractivity contribution is 6.04. The van der Waals surface area contributed by atoms with Crippen LogP contribution in [0.1, 0.15) is 24.0 Å². The first-order valence-corrected chi connectivity index (χ1v) is 8.89. The lowest BCUT2D eigenvalue weighted by molar-refractivity contribution is -0.137. The Morgan fingerprint density at radius 3 is 2.57 bits per heavy atom. The lowest BCUT2D eigenvalue weighted by atomic mass is 9.97. The minimum Gasteiger partial charge on any atom is -0.481 e. The number of hydrogen-bond acceptors (Lipinski definition) is 4. The molecule has 0 amide bonds. The van der Waals surface area contributed by atoms with Gasteiger partial charge in [-0.2, -0.15) is 0 Å². The van der Waals surface area contributed by atoms with Gasteiger partial charge in [-0.1, -0.05) is 12.1 Å². The first-order chi connectivity index (χ1) is 13.4. The number of aryl methyl sites for hydroxylation is 2. The van der Waals surface area contributed by atoms with E-state index >= 15 is 0 Å². The zero-order valence-corrected chi connectivity index (χ0v) is 15.1. The minimum absolute atomic E-state index is 0.0233. The Hall–Kier alpha value is -3.41. The summed E-state index contributed by atoms with van der Waals surface area (Å²) in [5, 5.41) is 10.5. The average molecular weight is 380 g/mol. The third-order valence-electron chi connectivity index (χ3n) is 4.88. The van der Waals surface area contributed by atoms with Crippen molar-refractivity contribution in [3.05, 3.63) is 70.0 Å². The van der Waals surface area contributed by atoms with E-state index in [0.29, 0.717) is 29.6 Å².